The summed E-state index contributed by atoms with van der Waals surface area (Å²) in [6.07, 6.45) is 5.48. The lowest BCUT2D eigenvalue weighted by Crippen LogP contribution is -2.17. The third-order valence-electron chi connectivity index (χ3n) is 3.13. The zero-order valence-electron chi connectivity index (χ0n) is 11.8. The van der Waals surface area contributed by atoms with Crippen molar-refractivity contribution in [1.82, 2.24) is 0 Å². The fourth-order valence-electron chi connectivity index (χ4n) is 2.04. The summed E-state index contributed by atoms with van der Waals surface area (Å²) >= 11 is 1.13. The van der Waals surface area contributed by atoms with Crippen LogP contribution < -0.4 is 0 Å². The number of hydrogen-bond donors (Lipinski definition) is 1. The van der Waals surface area contributed by atoms with E-state index in [-0.39, 0.29) is 10.9 Å². The Morgan fingerprint density at radius 2 is 2.30 bits per heavy atom. The predicted molar refractivity (Wildman–Crippen MR) is 82.5 cm³/mol. The molecule has 0 bridgehead atoms. The Balaban J connectivity index is 2.78. The van der Waals surface area contributed by atoms with Crippen LogP contribution in [0.5, 0.6) is 0 Å². The molecule has 1 aliphatic heterocycles. The summed E-state index contributed by atoms with van der Waals surface area (Å²) in [5.74, 6) is 0.137. The number of rotatable bonds is 7. The fourth-order valence-corrected chi connectivity index (χ4v) is 3.21. The monoisotopic (exact) mass is 293 g/mol. The molecule has 1 atom stereocenters. The van der Waals surface area contributed by atoms with E-state index < -0.39 is 4.75 Å². The van der Waals surface area contributed by atoms with Crippen molar-refractivity contribution in [2.24, 2.45) is 5.11 Å². The van der Waals surface area contributed by atoms with Gasteiger partial charge in [-0.1, -0.05) is 41.2 Å². The van der Waals surface area contributed by atoms with Crippen LogP contribution in [0.1, 0.15) is 33.1 Å². The van der Waals surface area contributed by atoms with Crippen molar-refractivity contribution in [3.8, 4) is 0 Å². The average molecular weight is 293 g/mol. The van der Waals surface area contributed by atoms with Gasteiger partial charge in [0.1, 0.15) is 5.76 Å². The molecule has 108 valence electrons. The van der Waals surface area contributed by atoms with E-state index in [4.69, 9.17) is 5.53 Å². The van der Waals surface area contributed by atoms with Crippen LogP contribution in [-0.2, 0) is 4.79 Å². The summed E-state index contributed by atoms with van der Waals surface area (Å²) in [6, 6.07) is 0. The molecule has 0 amide bonds. The van der Waals surface area contributed by atoms with E-state index in [1.165, 1.54) is 0 Å². The molecule has 0 radical (unpaired) electrons. The number of aliphatic hydroxyl groups is 1. The van der Waals surface area contributed by atoms with Crippen LogP contribution in [-0.4, -0.2) is 21.5 Å². The Kier molecular flexibility index (Phi) is 5.92. The van der Waals surface area contributed by atoms with Gasteiger partial charge in [0.2, 0.25) is 5.12 Å². The lowest BCUT2D eigenvalue weighted by atomic mass is 9.99. The van der Waals surface area contributed by atoms with Gasteiger partial charge in [-0.3, -0.25) is 4.79 Å². The van der Waals surface area contributed by atoms with Gasteiger partial charge in [-0.2, -0.15) is 0 Å². The number of hydrogen-bond acceptors (Lipinski definition) is 4. The maximum atomic E-state index is 12.0. The fraction of sp³-hybridized carbons (Fsp3) is 0.500. The molecule has 1 rings (SSSR count). The van der Waals surface area contributed by atoms with E-state index in [2.05, 4.69) is 16.6 Å². The van der Waals surface area contributed by atoms with E-state index in [1.54, 1.807) is 6.08 Å². The molecule has 0 aliphatic carbocycles. The molecule has 5 nitrogen and oxygen atoms in total. The number of allylic oxidation sites excluding steroid dienone is 2. The molecule has 20 heavy (non-hydrogen) atoms. The number of aliphatic hydroxyl groups excluding tert-OH is 1. The minimum atomic E-state index is -0.699. The minimum Gasteiger partial charge on any atom is -0.510 e. The van der Waals surface area contributed by atoms with Gasteiger partial charge in [0.15, 0.2) is 0 Å². The van der Waals surface area contributed by atoms with E-state index in [1.807, 2.05) is 19.9 Å². The largest absolute Gasteiger partial charge is 0.510 e. The van der Waals surface area contributed by atoms with Gasteiger partial charge >= 0.3 is 0 Å². The van der Waals surface area contributed by atoms with Gasteiger partial charge in [-0.05, 0) is 38.6 Å². The number of nitrogens with zero attached hydrogens (tertiary/aromatic N) is 3. The molecule has 1 heterocycles. The Labute approximate surface area is 123 Å². The Bertz CT molecular complexity index is 519. The molecule has 6 heteroatoms. The normalized spacial score (nSPS) is 22.9. The first-order valence-electron chi connectivity index (χ1n) is 6.43. The molecule has 1 N–H and O–H groups in total. The molecular weight excluding hydrogens is 274 g/mol. The van der Waals surface area contributed by atoms with Gasteiger partial charge in [0.05, 0.1) is 4.75 Å². The zero-order chi connectivity index (χ0) is 15.2. The smallest absolute Gasteiger partial charge is 0.220 e. The van der Waals surface area contributed by atoms with Crippen molar-refractivity contribution in [1.29, 1.82) is 0 Å². The van der Waals surface area contributed by atoms with Crippen LogP contribution in [0.3, 0.4) is 0 Å². The molecule has 1 aliphatic rings. The third-order valence-corrected chi connectivity index (χ3v) is 4.30. The molecule has 0 fully saturated rings. The summed E-state index contributed by atoms with van der Waals surface area (Å²) in [4.78, 5) is 14.7. The summed E-state index contributed by atoms with van der Waals surface area (Å²) in [5.41, 5.74) is 9.57. The number of unbranched alkanes of at least 4 members (excludes halogenated alkanes) is 1. The van der Waals surface area contributed by atoms with Crippen LogP contribution in [0.4, 0.5) is 0 Å². The summed E-state index contributed by atoms with van der Waals surface area (Å²) in [5, 5.41) is 13.7. The van der Waals surface area contributed by atoms with Crippen molar-refractivity contribution < 1.29 is 9.90 Å². The molecule has 0 aromatic rings. The third kappa shape index (κ3) is 3.92. The van der Waals surface area contributed by atoms with Gasteiger partial charge < -0.3 is 5.11 Å². The first-order valence-corrected chi connectivity index (χ1v) is 7.25. The molecule has 0 saturated carbocycles. The second-order valence-electron chi connectivity index (χ2n) is 4.83. The summed E-state index contributed by atoms with van der Waals surface area (Å²) in [6.45, 7) is 7.80. The predicted octanol–water partition coefficient (Wildman–Crippen LogP) is 4.44. The quantitative estimate of drug-likeness (QED) is 0.247. The zero-order valence-corrected chi connectivity index (χ0v) is 12.6. The molecule has 1 unspecified atom stereocenters. The van der Waals surface area contributed by atoms with Crippen molar-refractivity contribution in [3.05, 3.63) is 46.1 Å². The highest BCUT2D eigenvalue weighted by molar-refractivity contribution is 8.16. The molecular formula is C14H19N3O2S. The second kappa shape index (κ2) is 7.22. The Hall–Kier alpha value is -1.65. The highest BCUT2D eigenvalue weighted by atomic mass is 32.2. The van der Waals surface area contributed by atoms with Crippen molar-refractivity contribution in [2.75, 3.05) is 6.54 Å². The molecule has 0 aromatic carbocycles. The van der Waals surface area contributed by atoms with Crippen LogP contribution in [0.25, 0.3) is 10.4 Å². The number of carbonyl (C=O) groups excluding carboxylic acids is 1. The van der Waals surface area contributed by atoms with Gasteiger partial charge in [0, 0.05) is 17.0 Å². The van der Waals surface area contributed by atoms with Gasteiger partial charge in [0.25, 0.3) is 0 Å². The maximum absolute atomic E-state index is 12.0. The van der Waals surface area contributed by atoms with Gasteiger partial charge in [-0.15, -0.1) is 0 Å². The topological polar surface area (TPSA) is 86.1 Å². The molecule has 0 spiro atoms. The maximum Gasteiger partial charge on any atom is 0.220 e. The van der Waals surface area contributed by atoms with E-state index in [0.717, 1.165) is 17.3 Å². The van der Waals surface area contributed by atoms with Crippen molar-refractivity contribution in [2.45, 2.75) is 37.9 Å². The van der Waals surface area contributed by atoms with E-state index in [0.29, 0.717) is 31.4 Å². The average Bonchev–Trinajstić information content (AvgIpc) is 2.61. The van der Waals surface area contributed by atoms with Gasteiger partial charge in [-0.25, -0.2) is 0 Å². The number of carbonyl (C=O) groups is 1. The Morgan fingerprint density at radius 3 is 2.90 bits per heavy atom. The number of azide groups is 1. The van der Waals surface area contributed by atoms with Crippen LogP contribution in [0, 0.1) is 0 Å². The van der Waals surface area contributed by atoms with Crippen LogP contribution >= 0.6 is 11.8 Å². The summed E-state index contributed by atoms with van der Waals surface area (Å²) < 4.78 is -0.699. The van der Waals surface area contributed by atoms with Crippen molar-refractivity contribution >= 4 is 16.9 Å². The first-order chi connectivity index (χ1) is 9.44. The molecule has 0 aromatic heterocycles. The SMILES string of the molecule is C=C/C(C)=C/C1(C)SC(=O)C(CCCCN=[N+]=[N-])=C1O. The van der Waals surface area contributed by atoms with Crippen molar-refractivity contribution in [3.63, 3.8) is 0 Å². The highest BCUT2D eigenvalue weighted by Crippen LogP contribution is 2.45. The standard InChI is InChI=1S/C14H19N3O2S/c1-4-10(2)9-14(3)12(18)11(13(19)20-14)7-5-6-8-16-17-15/h4,9,18H,1,5-8H2,2-3H3/b10-9+. The lowest BCUT2D eigenvalue weighted by Gasteiger charge is -2.18. The summed E-state index contributed by atoms with van der Waals surface area (Å²) in [7, 11) is 0. The molecule has 0 saturated heterocycles. The highest BCUT2D eigenvalue weighted by Gasteiger charge is 2.41. The minimum absolute atomic E-state index is 0.0816. The first kappa shape index (κ1) is 16.4. The van der Waals surface area contributed by atoms with Crippen LogP contribution in [0.15, 0.2) is 40.8 Å². The Morgan fingerprint density at radius 1 is 1.60 bits per heavy atom. The van der Waals surface area contributed by atoms with Crippen LogP contribution in [0.2, 0.25) is 0 Å². The van der Waals surface area contributed by atoms with E-state index >= 15 is 0 Å². The lowest BCUT2D eigenvalue weighted by molar-refractivity contribution is -0.108. The number of thioether (sulfide) groups is 1. The van der Waals surface area contributed by atoms with E-state index in [9.17, 15) is 9.90 Å². The second-order valence-corrected chi connectivity index (χ2v) is 6.25.